The van der Waals surface area contributed by atoms with Crippen LogP contribution in [0.5, 0.6) is 0 Å². The molecule has 1 heterocycles. The van der Waals surface area contributed by atoms with Crippen molar-refractivity contribution >= 4 is 0 Å². The summed E-state index contributed by atoms with van der Waals surface area (Å²) in [5, 5.41) is 0. The largest absolute Gasteiger partial charge is 0.261 e. The van der Waals surface area contributed by atoms with Crippen molar-refractivity contribution in [2.24, 2.45) is 41.4 Å². The number of fused-ring (bicyclic) bond motifs is 5. The monoisotopic (exact) mass is 323 g/mol. The molecular weight excluding hydrogens is 290 g/mol. The van der Waals surface area contributed by atoms with Crippen LogP contribution in [0.2, 0.25) is 0 Å². The first kappa shape index (κ1) is 15.4. The molecule has 0 radical (unpaired) electrons. The van der Waals surface area contributed by atoms with E-state index in [0.717, 1.165) is 41.4 Å². The summed E-state index contributed by atoms with van der Waals surface area (Å²) in [5.41, 5.74) is 1.33. The summed E-state index contributed by atoms with van der Waals surface area (Å²) in [6.45, 7) is 0. The second kappa shape index (κ2) is 6.46. The van der Waals surface area contributed by atoms with E-state index < -0.39 is 0 Å². The SMILES string of the molecule is c1ccc(CC2CCC3C2CCC2C4CCCCC4CCC23)nc1. The van der Waals surface area contributed by atoms with Gasteiger partial charge in [-0.2, -0.15) is 0 Å². The van der Waals surface area contributed by atoms with E-state index in [0.29, 0.717) is 0 Å². The number of nitrogens with zero attached hydrogens (tertiary/aromatic N) is 1. The number of pyridine rings is 1. The van der Waals surface area contributed by atoms with E-state index in [-0.39, 0.29) is 0 Å². The molecule has 0 aromatic carbocycles. The fraction of sp³-hybridized carbons (Fsp3) is 0.783. The Labute approximate surface area is 147 Å². The number of hydrogen-bond acceptors (Lipinski definition) is 1. The van der Waals surface area contributed by atoms with Crippen molar-refractivity contribution in [2.75, 3.05) is 0 Å². The predicted octanol–water partition coefficient (Wildman–Crippen LogP) is 5.89. The molecule has 130 valence electrons. The molecule has 0 N–H and O–H groups in total. The Morgan fingerprint density at radius 2 is 1.46 bits per heavy atom. The van der Waals surface area contributed by atoms with E-state index in [1.54, 1.807) is 32.1 Å². The first-order chi connectivity index (χ1) is 11.9. The molecule has 5 rings (SSSR count). The topological polar surface area (TPSA) is 12.9 Å². The molecule has 1 heteroatoms. The third-order valence-electron chi connectivity index (χ3n) is 8.55. The van der Waals surface area contributed by atoms with Crippen LogP contribution in [0.1, 0.15) is 69.9 Å². The van der Waals surface area contributed by atoms with Crippen LogP contribution in [0.25, 0.3) is 0 Å². The van der Waals surface area contributed by atoms with Gasteiger partial charge in [-0.3, -0.25) is 4.98 Å². The highest BCUT2D eigenvalue weighted by Gasteiger charge is 2.50. The molecule has 4 aliphatic rings. The zero-order chi connectivity index (χ0) is 15.9. The van der Waals surface area contributed by atoms with Gasteiger partial charge in [-0.1, -0.05) is 25.3 Å². The van der Waals surface area contributed by atoms with Gasteiger partial charge in [0.15, 0.2) is 0 Å². The van der Waals surface area contributed by atoms with E-state index in [2.05, 4.69) is 23.2 Å². The smallest absolute Gasteiger partial charge is 0.0406 e. The van der Waals surface area contributed by atoms with Crippen LogP contribution in [-0.4, -0.2) is 4.98 Å². The second-order valence-corrected chi connectivity index (χ2v) is 9.38. The van der Waals surface area contributed by atoms with Crippen LogP contribution in [-0.2, 0) is 6.42 Å². The van der Waals surface area contributed by atoms with Crippen molar-refractivity contribution in [2.45, 2.75) is 70.6 Å². The van der Waals surface area contributed by atoms with Gasteiger partial charge in [0.1, 0.15) is 0 Å². The zero-order valence-electron chi connectivity index (χ0n) is 15.1. The summed E-state index contributed by atoms with van der Waals surface area (Å²) < 4.78 is 0. The Hall–Kier alpha value is -0.850. The molecule has 0 amide bonds. The predicted molar refractivity (Wildman–Crippen MR) is 98.5 cm³/mol. The van der Waals surface area contributed by atoms with Crippen molar-refractivity contribution in [3.8, 4) is 0 Å². The first-order valence-corrected chi connectivity index (χ1v) is 10.8. The van der Waals surface area contributed by atoms with E-state index in [9.17, 15) is 0 Å². The Kier molecular flexibility index (Phi) is 4.15. The van der Waals surface area contributed by atoms with Gasteiger partial charge in [0.05, 0.1) is 0 Å². The van der Waals surface area contributed by atoms with Crippen LogP contribution < -0.4 is 0 Å². The maximum absolute atomic E-state index is 4.62. The van der Waals surface area contributed by atoms with E-state index >= 15 is 0 Å². The highest BCUT2D eigenvalue weighted by Crippen LogP contribution is 2.59. The quantitative estimate of drug-likeness (QED) is 0.661. The Morgan fingerprint density at radius 1 is 0.708 bits per heavy atom. The summed E-state index contributed by atoms with van der Waals surface area (Å²) in [6, 6.07) is 6.46. The van der Waals surface area contributed by atoms with Gasteiger partial charge in [0, 0.05) is 11.9 Å². The third kappa shape index (κ3) is 2.63. The summed E-state index contributed by atoms with van der Waals surface area (Å²) in [4.78, 5) is 4.62. The van der Waals surface area contributed by atoms with Crippen LogP contribution in [0, 0.1) is 41.4 Å². The summed E-state index contributed by atoms with van der Waals surface area (Å²) in [5.74, 6) is 7.45. The van der Waals surface area contributed by atoms with Crippen molar-refractivity contribution < 1.29 is 0 Å². The van der Waals surface area contributed by atoms with E-state index in [4.69, 9.17) is 0 Å². The van der Waals surface area contributed by atoms with Crippen molar-refractivity contribution in [1.82, 2.24) is 4.98 Å². The average Bonchev–Trinajstić information content (AvgIpc) is 3.05. The number of aromatic nitrogens is 1. The standard InChI is InChI=1S/C23H33N/c1-2-7-19-16(5-1)8-10-23-21-11-9-17(20(21)12-13-22(19)23)15-18-6-3-4-14-24-18/h3-4,6,14,16-17,19-23H,1-2,5,7-13,15H2. The molecule has 0 spiro atoms. The molecule has 7 unspecified atom stereocenters. The minimum atomic E-state index is 0.926. The van der Waals surface area contributed by atoms with Crippen LogP contribution in [0.3, 0.4) is 0 Å². The minimum absolute atomic E-state index is 0.926. The lowest BCUT2D eigenvalue weighted by molar-refractivity contribution is -0.0245. The van der Waals surface area contributed by atoms with Gasteiger partial charge < -0.3 is 0 Å². The van der Waals surface area contributed by atoms with Crippen LogP contribution >= 0.6 is 0 Å². The van der Waals surface area contributed by atoms with Gasteiger partial charge in [0.25, 0.3) is 0 Å². The molecular formula is C23H33N. The lowest BCUT2D eigenvalue weighted by Gasteiger charge is -2.52. The zero-order valence-corrected chi connectivity index (χ0v) is 15.1. The fourth-order valence-electron chi connectivity index (χ4n) is 7.65. The Balaban J connectivity index is 1.30. The van der Waals surface area contributed by atoms with Gasteiger partial charge in [-0.05, 0) is 105 Å². The molecule has 4 aliphatic carbocycles. The van der Waals surface area contributed by atoms with Crippen molar-refractivity contribution in [3.63, 3.8) is 0 Å². The molecule has 0 saturated heterocycles. The lowest BCUT2D eigenvalue weighted by atomic mass is 9.53. The average molecular weight is 324 g/mol. The Bertz CT molecular complexity index is 552. The summed E-state index contributed by atoms with van der Waals surface area (Å²) in [7, 11) is 0. The molecule has 1 aromatic heterocycles. The Morgan fingerprint density at radius 3 is 2.38 bits per heavy atom. The molecule has 1 nitrogen and oxygen atoms in total. The number of rotatable bonds is 2. The van der Waals surface area contributed by atoms with E-state index in [1.807, 2.05) is 6.20 Å². The van der Waals surface area contributed by atoms with Gasteiger partial charge >= 0.3 is 0 Å². The van der Waals surface area contributed by atoms with Crippen molar-refractivity contribution in [3.05, 3.63) is 30.1 Å². The van der Waals surface area contributed by atoms with E-state index in [1.165, 1.54) is 44.2 Å². The van der Waals surface area contributed by atoms with Crippen molar-refractivity contribution in [1.29, 1.82) is 0 Å². The van der Waals surface area contributed by atoms with Gasteiger partial charge in [0.2, 0.25) is 0 Å². The lowest BCUT2D eigenvalue weighted by Crippen LogP contribution is -2.44. The molecule has 1 aromatic rings. The molecule has 0 bridgehead atoms. The van der Waals surface area contributed by atoms with Crippen LogP contribution in [0.4, 0.5) is 0 Å². The highest BCUT2D eigenvalue weighted by molar-refractivity contribution is 5.07. The highest BCUT2D eigenvalue weighted by atomic mass is 14.7. The molecule has 4 fully saturated rings. The maximum atomic E-state index is 4.62. The summed E-state index contributed by atoms with van der Waals surface area (Å²) >= 11 is 0. The molecule has 24 heavy (non-hydrogen) atoms. The van der Waals surface area contributed by atoms with Gasteiger partial charge in [-0.15, -0.1) is 0 Å². The molecule has 7 atom stereocenters. The number of hydrogen-bond donors (Lipinski definition) is 0. The first-order valence-electron chi connectivity index (χ1n) is 10.8. The second-order valence-electron chi connectivity index (χ2n) is 9.38. The maximum Gasteiger partial charge on any atom is 0.0406 e. The fourth-order valence-corrected chi connectivity index (χ4v) is 7.65. The third-order valence-corrected chi connectivity index (χ3v) is 8.55. The summed E-state index contributed by atoms with van der Waals surface area (Å²) in [6.07, 6.45) is 18.6. The van der Waals surface area contributed by atoms with Crippen LogP contribution in [0.15, 0.2) is 24.4 Å². The normalized spacial score (nSPS) is 44.4. The minimum Gasteiger partial charge on any atom is -0.261 e. The molecule has 4 saturated carbocycles. The van der Waals surface area contributed by atoms with Gasteiger partial charge in [-0.25, -0.2) is 0 Å². The molecule has 0 aliphatic heterocycles.